The Hall–Kier alpha value is -2.70. The van der Waals surface area contributed by atoms with E-state index in [-0.39, 0.29) is 11.6 Å². The Morgan fingerprint density at radius 3 is 2.56 bits per heavy atom. The van der Waals surface area contributed by atoms with Crippen LogP contribution in [0.3, 0.4) is 0 Å². The third kappa shape index (κ3) is 5.70. The van der Waals surface area contributed by atoms with E-state index in [2.05, 4.69) is 15.6 Å². The summed E-state index contributed by atoms with van der Waals surface area (Å²) in [6.45, 7) is 6.11. The van der Waals surface area contributed by atoms with Crippen molar-refractivity contribution in [1.82, 2.24) is 10.6 Å². The second-order valence-electron chi connectivity index (χ2n) is 6.74. The molecule has 2 rings (SSSR count). The third-order valence-electron chi connectivity index (χ3n) is 3.41. The van der Waals surface area contributed by atoms with E-state index < -0.39 is 17.6 Å². The molecule has 1 aromatic carbocycles. The van der Waals surface area contributed by atoms with Gasteiger partial charge in [-0.2, -0.15) is 0 Å². The number of rotatable bonds is 5. The quantitative estimate of drug-likeness (QED) is 0.796. The van der Waals surface area contributed by atoms with Gasteiger partial charge in [0.2, 0.25) is 0 Å². The van der Waals surface area contributed by atoms with Crippen molar-refractivity contribution in [1.29, 1.82) is 0 Å². The Labute approximate surface area is 146 Å². The lowest BCUT2D eigenvalue weighted by atomic mass is 9.98. The molecule has 0 bridgehead atoms. The molecule has 0 spiro atoms. The van der Waals surface area contributed by atoms with Gasteiger partial charge in [0.1, 0.15) is 11.3 Å². The average molecular weight is 345 g/mol. The zero-order valence-corrected chi connectivity index (χ0v) is 14.7. The normalized spacial score (nSPS) is 13.6. The maximum Gasteiger partial charge on any atom is 0.407 e. The number of aliphatic imine (C=N–C) groups is 1. The van der Waals surface area contributed by atoms with Crippen molar-refractivity contribution in [2.75, 3.05) is 13.1 Å². The van der Waals surface area contributed by atoms with Crippen molar-refractivity contribution in [3.05, 3.63) is 35.4 Å². The number of fused-ring (bicyclic) bond motifs is 1. The minimum absolute atomic E-state index is 0.212. The number of hydrogen-bond acceptors (Lipinski definition) is 4. The molecule has 7 heteroatoms. The fraction of sp³-hybridized carbons (Fsp3) is 0.444. The number of carbonyl (C=O) groups is 3. The first-order chi connectivity index (χ1) is 11.8. The fourth-order valence-corrected chi connectivity index (χ4v) is 2.31. The topological polar surface area (TPSA) is 96.9 Å². The largest absolute Gasteiger partial charge is 0.444 e. The van der Waals surface area contributed by atoms with Gasteiger partial charge in [-0.25, -0.2) is 9.79 Å². The minimum Gasteiger partial charge on any atom is -0.444 e. The van der Waals surface area contributed by atoms with E-state index in [0.717, 1.165) is 5.56 Å². The number of nitrogens with zero attached hydrogens (tertiary/aromatic N) is 1. The molecule has 7 nitrogen and oxygen atoms in total. The molecule has 0 saturated heterocycles. The second-order valence-corrected chi connectivity index (χ2v) is 6.74. The lowest BCUT2D eigenvalue weighted by Crippen LogP contribution is -2.37. The van der Waals surface area contributed by atoms with Crippen molar-refractivity contribution >= 4 is 23.6 Å². The van der Waals surface area contributed by atoms with Gasteiger partial charge in [-0.3, -0.25) is 9.59 Å². The molecule has 0 atom stereocenters. The van der Waals surface area contributed by atoms with Gasteiger partial charge in [0.05, 0.1) is 0 Å². The molecule has 0 radical (unpaired) electrons. The highest BCUT2D eigenvalue weighted by molar-refractivity contribution is 6.42. The predicted octanol–water partition coefficient (Wildman–Crippen LogP) is 1.85. The molecular weight excluding hydrogens is 322 g/mol. The molecule has 1 aromatic rings. The molecule has 0 fully saturated rings. The second kappa shape index (κ2) is 7.92. The van der Waals surface area contributed by atoms with E-state index in [1.807, 2.05) is 12.1 Å². The third-order valence-corrected chi connectivity index (χ3v) is 3.41. The molecule has 3 amide bonds. The predicted molar refractivity (Wildman–Crippen MR) is 93.8 cm³/mol. The van der Waals surface area contributed by atoms with Gasteiger partial charge in [0, 0.05) is 25.1 Å². The summed E-state index contributed by atoms with van der Waals surface area (Å²) >= 11 is 0. The van der Waals surface area contributed by atoms with Crippen molar-refractivity contribution < 1.29 is 19.1 Å². The first kappa shape index (κ1) is 18.6. The Bertz CT molecular complexity index is 705. The Morgan fingerprint density at radius 2 is 1.84 bits per heavy atom. The summed E-state index contributed by atoms with van der Waals surface area (Å²) in [5, 5.41) is 5.33. The summed E-state index contributed by atoms with van der Waals surface area (Å²) < 4.78 is 5.11. The van der Waals surface area contributed by atoms with Crippen molar-refractivity contribution in [2.24, 2.45) is 4.99 Å². The molecular formula is C18H23N3O4. The van der Waals surface area contributed by atoms with Crippen molar-refractivity contribution in [2.45, 2.75) is 39.2 Å². The summed E-state index contributed by atoms with van der Waals surface area (Å²) in [7, 11) is 0. The molecule has 0 aromatic heterocycles. The Morgan fingerprint density at radius 1 is 1.16 bits per heavy atom. The van der Waals surface area contributed by atoms with E-state index >= 15 is 0 Å². The number of benzene rings is 1. The molecule has 0 saturated carbocycles. The van der Waals surface area contributed by atoms with Crippen LogP contribution in [-0.4, -0.2) is 42.3 Å². The van der Waals surface area contributed by atoms with Crippen LogP contribution in [0.1, 0.15) is 43.1 Å². The van der Waals surface area contributed by atoms with E-state index in [9.17, 15) is 14.4 Å². The summed E-state index contributed by atoms with van der Waals surface area (Å²) in [6, 6.07) is 7.13. The van der Waals surface area contributed by atoms with Gasteiger partial charge < -0.3 is 15.4 Å². The van der Waals surface area contributed by atoms with Gasteiger partial charge in [0.15, 0.2) is 0 Å². The van der Waals surface area contributed by atoms with Gasteiger partial charge in [-0.05, 0) is 38.8 Å². The molecule has 1 aliphatic rings. The monoisotopic (exact) mass is 345 g/mol. The number of ether oxygens (including phenoxy) is 1. The lowest BCUT2D eigenvalue weighted by Gasteiger charge is -2.19. The number of amides is 3. The van der Waals surface area contributed by atoms with E-state index in [1.54, 1.807) is 32.9 Å². The first-order valence-corrected chi connectivity index (χ1v) is 8.21. The first-order valence-electron chi connectivity index (χ1n) is 8.21. The molecule has 2 N–H and O–H groups in total. The van der Waals surface area contributed by atoms with Crippen LogP contribution in [0.2, 0.25) is 0 Å². The molecule has 25 heavy (non-hydrogen) atoms. The lowest BCUT2D eigenvalue weighted by molar-refractivity contribution is -0.114. The summed E-state index contributed by atoms with van der Waals surface area (Å²) in [6.07, 6.45) is 0.393. The van der Waals surface area contributed by atoms with E-state index in [1.165, 1.54) is 0 Å². The number of alkyl carbamates (subject to hydrolysis) is 1. The van der Waals surface area contributed by atoms with Crippen LogP contribution in [0.4, 0.5) is 4.79 Å². The van der Waals surface area contributed by atoms with Crippen LogP contribution in [0.15, 0.2) is 29.3 Å². The summed E-state index contributed by atoms with van der Waals surface area (Å²) in [5.41, 5.74) is 1.02. The van der Waals surface area contributed by atoms with Gasteiger partial charge in [0.25, 0.3) is 11.8 Å². The Kier molecular flexibility index (Phi) is 5.90. The zero-order chi connectivity index (χ0) is 18.4. The summed E-state index contributed by atoms with van der Waals surface area (Å²) in [4.78, 5) is 39.4. The fourth-order valence-electron chi connectivity index (χ4n) is 2.31. The zero-order valence-electron chi connectivity index (χ0n) is 14.7. The van der Waals surface area contributed by atoms with Crippen LogP contribution in [-0.2, 0) is 16.0 Å². The van der Waals surface area contributed by atoms with Gasteiger partial charge in [-0.1, -0.05) is 18.2 Å². The van der Waals surface area contributed by atoms with Crippen LogP contribution < -0.4 is 10.6 Å². The molecule has 134 valence electrons. The average Bonchev–Trinajstić information content (AvgIpc) is 2.52. The molecule has 1 heterocycles. The van der Waals surface area contributed by atoms with Gasteiger partial charge in [-0.15, -0.1) is 0 Å². The maximum atomic E-state index is 12.1. The highest BCUT2D eigenvalue weighted by atomic mass is 16.6. The smallest absolute Gasteiger partial charge is 0.407 e. The van der Waals surface area contributed by atoms with Crippen molar-refractivity contribution in [3.63, 3.8) is 0 Å². The standard InChI is InChI=1S/C18H23N3O4/c1-18(2,3)25-17(24)20-10-6-9-19-16(23)14-11-12-7-4-5-8-13(12)15(22)21-14/h4-5,7-8H,6,9-11H2,1-3H3,(H,19,23)(H,20,24). The van der Waals surface area contributed by atoms with Crippen LogP contribution in [0, 0.1) is 0 Å². The molecule has 1 aliphatic heterocycles. The SMILES string of the molecule is CC(C)(C)OC(=O)NCCCNC(=O)C1=NC(=O)c2ccccc2C1. The van der Waals surface area contributed by atoms with Crippen LogP contribution in [0.5, 0.6) is 0 Å². The highest BCUT2D eigenvalue weighted by Gasteiger charge is 2.23. The minimum atomic E-state index is -0.541. The highest BCUT2D eigenvalue weighted by Crippen LogP contribution is 2.16. The molecule has 0 unspecified atom stereocenters. The summed E-state index contributed by atoms with van der Waals surface area (Å²) in [5.74, 6) is -0.751. The van der Waals surface area contributed by atoms with Crippen molar-refractivity contribution in [3.8, 4) is 0 Å². The van der Waals surface area contributed by atoms with E-state index in [4.69, 9.17) is 4.74 Å². The van der Waals surface area contributed by atoms with Crippen LogP contribution >= 0.6 is 0 Å². The molecule has 0 aliphatic carbocycles. The number of nitrogens with one attached hydrogen (secondary N) is 2. The maximum absolute atomic E-state index is 12.1. The number of carbonyl (C=O) groups excluding carboxylic acids is 3. The number of hydrogen-bond donors (Lipinski definition) is 2. The Balaban J connectivity index is 1.73. The van der Waals surface area contributed by atoms with Crippen LogP contribution in [0.25, 0.3) is 0 Å². The van der Waals surface area contributed by atoms with Gasteiger partial charge >= 0.3 is 6.09 Å². The van der Waals surface area contributed by atoms with E-state index in [0.29, 0.717) is 31.5 Å².